The summed E-state index contributed by atoms with van der Waals surface area (Å²) in [6.07, 6.45) is 5.93. The summed E-state index contributed by atoms with van der Waals surface area (Å²) in [5.41, 5.74) is 12.4. The van der Waals surface area contributed by atoms with E-state index in [4.69, 9.17) is 5.73 Å². The molecule has 0 radical (unpaired) electrons. The maximum Gasteiger partial charge on any atom is 0.127 e. The summed E-state index contributed by atoms with van der Waals surface area (Å²) in [6.45, 7) is 16.2. The van der Waals surface area contributed by atoms with Gasteiger partial charge in [-0.2, -0.15) is 0 Å². The van der Waals surface area contributed by atoms with Gasteiger partial charge in [0.15, 0.2) is 0 Å². The zero-order valence-electron chi connectivity index (χ0n) is 20.1. The zero-order chi connectivity index (χ0) is 23.4. The second kappa shape index (κ2) is 10.3. The highest BCUT2D eigenvalue weighted by molar-refractivity contribution is 5.80. The number of nitrogens with one attached hydrogen (secondary N) is 1. The molecule has 3 heterocycles. The van der Waals surface area contributed by atoms with Crippen LogP contribution < -0.4 is 11.1 Å². The molecule has 3 atom stereocenters. The minimum Gasteiger partial charge on any atom is -0.374 e. The molecule has 0 saturated carbocycles. The fourth-order valence-corrected chi connectivity index (χ4v) is 4.30. The van der Waals surface area contributed by atoms with Gasteiger partial charge in [0.05, 0.1) is 11.7 Å². The van der Waals surface area contributed by atoms with Gasteiger partial charge in [0.2, 0.25) is 0 Å². The zero-order valence-corrected chi connectivity index (χ0v) is 20.1. The van der Waals surface area contributed by atoms with E-state index in [2.05, 4.69) is 40.8 Å². The maximum absolute atomic E-state index is 14.6. The van der Waals surface area contributed by atoms with Gasteiger partial charge < -0.3 is 16.0 Å². The second-order valence-electron chi connectivity index (χ2n) is 8.65. The number of rotatable bonds is 5. The lowest BCUT2D eigenvalue weighted by atomic mass is 9.95. The number of aryl methyl sites for hydroxylation is 1. The number of benzene rings is 1. The third-order valence-electron chi connectivity index (χ3n) is 6.27. The number of fused-ring (bicyclic) bond motifs is 1. The predicted octanol–water partition coefficient (Wildman–Crippen LogP) is 6.02. The molecule has 4 rings (SSSR count). The molecule has 0 spiro atoms. The van der Waals surface area contributed by atoms with Crippen LogP contribution in [0.4, 0.5) is 10.1 Å². The quantitative estimate of drug-likeness (QED) is 0.602. The average Bonchev–Trinajstić information content (AvgIpc) is 3.25. The first-order valence-electron chi connectivity index (χ1n) is 11.8. The highest BCUT2D eigenvalue weighted by Crippen LogP contribution is 2.40. The normalized spacial score (nSPS) is 20.5. The minimum atomic E-state index is -0.131. The minimum absolute atomic E-state index is 0.0244. The summed E-state index contributed by atoms with van der Waals surface area (Å²) >= 11 is 0. The van der Waals surface area contributed by atoms with E-state index in [0.717, 1.165) is 58.9 Å². The van der Waals surface area contributed by atoms with Crippen molar-refractivity contribution in [2.75, 3.05) is 18.4 Å². The molecule has 1 fully saturated rings. The molecular weight excluding hydrogens is 399 g/mol. The van der Waals surface area contributed by atoms with Crippen LogP contribution >= 0.6 is 0 Å². The lowest BCUT2D eigenvalue weighted by Crippen LogP contribution is -2.25. The summed E-state index contributed by atoms with van der Waals surface area (Å²) < 4.78 is 14.6. The third-order valence-corrected chi connectivity index (χ3v) is 6.27. The van der Waals surface area contributed by atoms with Gasteiger partial charge in [0.25, 0.3) is 0 Å². The van der Waals surface area contributed by atoms with Crippen molar-refractivity contribution in [1.82, 2.24) is 9.88 Å². The van der Waals surface area contributed by atoms with Crippen molar-refractivity contribution in [3.8, 4) is 0 Å². The van der Waals surface area contributed by atoms with Crippen LogP contribution in [0, 0.1) is 11.7 Å². The maximum atomic E-state index is 14.6. The fourth-order valence-electron chi connectivity index (χ4n) is 4.30. The van der Waals surface area contributed by atoms with Crippen molar-refractivity contribution >= 4 is 17.0 Å². The lowest BCUT2D eigenvalue weighted by molar-refractivity contribution is 0.467. The van der Waals surface area contributed by atoms with Crippen molar-refractivity contribution in [2.24, 2.45) is 11.7 Å². The number of hydrogen-bond donors (Lipinski definition) is 2. The summed E-state index contributed by atoms with van der Waals surface area (Å²) in [5.74, 6) is 0.516. The van der Waals surface area contributed by atoms with Crippen LogP contribution in [0.5, 0.6) is 0 Å². The van der Waals surface area contributed by atoms with Gasteiger partial charge in [0.1, 0.15) is 5.82 Å². The Morgan fingerprint density at radius 1 is 1.34 bits per heavy atom. The van der Waals surface area contributed by atoms with Gasteiger partial charge in [-0.25, -0.2) is 4.39 Å². The van der Waals surface area contributed by atoms with Crippen molar-refractivity contribution in [3.05, 3.63) is 71.3 Å². The van der Waals surface area contributed by atoms with Crippen LogP contribution in [-0.4, -0.2) is 29.0 Å². The Morgan fingerprint density at radius 2 is 2.09 bits per heavy atom. The number of likely N-dealkylation sites (tertiary alicyclic amines) is 1. The fraction of sp³-hybridized carbons (Fsp3) is 0.444. The van der Waals surface area contributed by atoms with Gasteiger partial charge in [0, 0.05) is 42.3 Å². The Balaban J connectivity index is 0.00000141. The molecule has 0 amide bonds. The van der Waals surface area contributed by atoms with Gasteiger partial charge in [-0.15, -0.1) is 0 Å². The molecule has 4 nitrogen and oxygen atoms in total. The molecule has 3 N–H and O–H groups in total. The van der Waals surface area contributed by atoms with Crippen LogP contribution in [0.2, 0.25) is 0 Å². The van der Waals surface area contributed by atoms with Gasteiger partial charge in [-0.1, -0.05) is 40.3 Å². The van der Waals surface area contributed by atoms with E-state index in [1.54, 1.807) is 6.07 Å². The van der Waals surface area contributed by atoms with Crippen molar-refractivity contribution in [2.45, 2.75) is 59.5 Å². The third kappa shape index (κ3) is 4.88. The number of hydrogen-bond acceptors (Lipinski definition) is 4. The summed E-state index contributed by atoms with van der Waals surface area (Å²) in [4.78, 5) is 6.98. The van der Waals surface area contributed by atoms with Crippen LogP contribution in [-0.2, 0) is 6.42 Å². The molecular formula is C27H37FN4. The Morgan fingerprint density at radius 3 is 2.66 bits per heavy atom. The van der Waals surface area contributed by atoms with Crippen LogP contribution in [0.25, 0.3) is 11.3 Å². The highest BCUT2D eigenvalue weighted by atomic mass is 19.1. The monoisotopic (exact) mass is 436 g/mol. The molecule has 172 valence electrons. The smallest absolute Gasteiger partial charge is 0.127 e. The van der Waals surface area contributed by atoms with E-state index in [1.807, 2.05) is 46.0 Å². The van der Waals surface area contributed by atoms with Crippen LogP contribution in [0.1, 0.15) is 69.5 Å². The van der Waals surface area contributed by atoms with Gasteiger partial charge in [-0.3, -0.25) is 4.98 Å². The second-order valence-corrected chi connectivity index (χ2v) is 8.65. The van der Waals surface area contributed by atoms with E-state index < -0.39 is 0 Å². The van der Waals surface area contributed by atoms with Gasteiger partial charge >= 0.3 is 0 Å². The van der Waals surface area contributed by atoms with Gasteiger partial charge in [-0.05, 0) is 66.7 Å². The Hall–Kier alpha value is -2.66. The topological polar surface area (TPSA) is 54.2 Å². The first-order valence-corrected chi connectivity index (χ1v) is 11.8. The molecule has 32 heavy (non-hydrogen) atoms. The molecule has 2 aliphatic heterocycles. The van der Waals surface area contributed by atoms with E-state index in [-0.39, 0.29) is 17.9 Å². The molecule has 3 unspecified atom stereocenters. The lowest BCUT2D eigenvalue weighted by Gasteiger charge is -2.32. The molecule has 0 aliphatic carbocycles. The SMILES string of the molecule is C=C(c1ccc(C2C=C(N3CCC(C)C3)c3cc(F)c(CC)cc3N2)cn1)C(C)N.CC. The Bertz CT molecular complexity index is 978. The molecule has 2 aliphatic rings. The van der Waals surface area contributed by atoms with Crippen molar-refractivity contribution in [1.29, 1.82) is 0 Å². The number of nitrogens with two attached hydrogens (primary N) is 1. The van der Waals surface area contributed by atoms with E-state index in [0.29, 0.717) is 12.3 Å². The number of anilines is 1. The molecule has 5 heteroatoms. The molecule has 0 bridgehead atoms. The predicted molar refractivity (Wildman–Crippen MR) is 134 cm³/mol. The average molecular weight is 437 g/mol. The Labute approximate surface area is 192 Å². The van der Waals surface area contributed by atoms with E-state index in [1.165, 1.54) is 0 Å². The molecule has 1 saturated heterocycles. The number of pyridine rings is 1. The molecule has 2 aromatic rings. The molecule has 1 aromatic carbocycles. The van der Waals surface area contributed by atoms with Crippen molar-refractivity contribution in [3.63, 3.8) is 0 Å². The summed E-state index contributed by atoms with van der Waals surface area (Å²) in [6, 6.07) is 7.55. The van der Waals surface area contributed by atoms with E-state index >= 15 is 0 Å². The first kappa shape index (κ1) is 24.0. The number of halogens is 1. The largest absolute Gasteiger partial charge is 0.374 e. The van der Waals surface area contributed by atoms with Crippen molar-refractivity contribution < 1.29 is 4.39 Å². The number of aromatic nitrogens is 1. The number of nitrogens with zero attached hydrogens (tertiary/aromatic N) is 2. The van der Waals surface area contributed by atoms with E-state index in [9.17, 15) is 4.39 Å². The standard InChI is InChI=1S/C25H31FN4.C2H6/c1-5-18-10-24-20(11-21(18)26)25(30-9-8-15(2)14-30)12-23(29-24)19-6-7-22(28-13-19)16(3)17(4)27;1-2/h6-7,10-13,15,17,23,29H,3,5,8-9,14,27H2,1-2,4H3;1-2H3. The Kier molecular flexibility index (Phi) is 7.73. The summed E-state index contributed by atoms with van der Waals surface area (Å²) in [5, 5.41) is 3.59. The van der Waals surface area contributed by atoms with Crippen LogP contribution in [0.15, 0.2) is 43.1 Å². The highest BCUT2D eigenvalue weighted by Gasteiger charge is 2.28. The summed E-state index contributed by atoms with van der Waals surface area (Å²) in [7, 11) is 0. The molecule has 1 aromatic heterocycles. The van der Waals surface area contributed by atoms with Crippen LogP contribution in [0.3, 0.4) is 0 Å². The first-order chi connectivity index (χ1) is 15.4.